The fourth-order valence-corrected chi connectivity index (χ4v) is 1.04. The molecule has 1 N–H and O–H groups in total. The zero-order chi connectivity index (χ0) is 10.6. The van der Waals surface area contributed by atoms with E-state index in [9.17, 15) is 9.18 Å². The molecule has 3 nitrogen and oxygen atoms in total. The maximum absolute atomic E-state index is 13.2. The van der Waals surface area contributed by atoms with Crippen molar-refractivity contribution in [1.82, 2.24) is 0 Å². The molecule has 0 spiro atoms. The summed E-state index contributed by atoms with van der Waals surface area (Å²) in [5.74, 6) is -0.801. The van der Waals surface area contributed by atoms with Gasteiger partial charge in [-0.05, 0) is 24.6 Å². The van der Waals surface area contributed by atoms with Crippen LogP contribution in [0.1, 0.15) is 5.56 Å². The first-order valence-electron chi connectivity index (χ1n) is 4.18. The van der Waals surface area contributed by atoms with Crippen LogP contribution in [0.4, 0.5) is 10.1 Å². The van der Waals surface area contributed by atoms with E-state index in [4.69, 9.17) is 0 Å². The van der Waals surface area contributed by atoms with Crippen molar-refractivity contribution in [3.8, 4) is 0 Å². The van der Waals surface area contributed by atoms with E-state index in [2.05, 4.69) is 10.1 Å². The van der Waals surface area contributed by atoms with E-state index in [1.165, 1.54) is 19.2 Å². The second kappa shape index (κ2) is 4.72. The van der Waals surface area contributed by atoms with Gasteiger partial charge in [0.2, 0.25) is 5.91 Å². The maximum atomic E-state index is 13.2. The highest BCUT2D eigenvalue weighted by molar-refractivity contribution is 5.91. The van der Waals surface area contributed by atoms with Gasteiger partial charge in [-0.25, -0.2) is 4.39 Å². The van der Waals surface area contributed by atoms with E-state index in [0.29, 0.717) is 0 Å². The van der Waals surface area contributed by atoms with Crippen molar-refractivity contribution in [3.63, 3.8) is 0 Å². The van der Waals surface area contributed by atoms with Gasteiger partial charge in [0.15, 0.2) is 0 Å². The van der Waals surface area contributed by atoms with Gasteiger partial charge in [-0.3, -0.25) is 4.79 Å². The van der Waals surface area contributed by atoms with Gasteiger partial charge >= 0.3 is 0 Å². The molecule has 0 heterocycles. The minimum Gasteiger partial charge on any atom is -0.375 e. The van der Waals surface area contributed by atoms with E-state index in [-0.39, 0.29) is 18.2 Å². The normalized spacial score (nSPS) is 9.93. The first kappa shape index (κ1) is 10.7. The van der Waals surface area contributed by atoms with Crippen molar-refractivity contribution < 1.29 is 13.9 Å². The smallest absolute Gasteiger partial charge is 0.250 e. The number of hydrogen-bond acceptors (Lipinski definition) is 2. The Morgan fingerprint density at radius 3 is 2.86 bits per heavy atom. The summed E-state index contributed by atoms with van der Waals surface area (Å²) in [6.07, 6.45) is 0. The quantitative estimate of drug-likeness (QED) is 0.801. The van der Waals surface area contributed by atoms with E-state index in [1.54, 1.807) is 13.0 Å². The Morgan fingerprint density at radius 2 is 2.29 bits per heavy atom. The van der Waals surface area contributed by atoms with E-state index in [0.717, 1.165) is 5.56 Å². The van der Waals surface area contributed by atoms with Gasteiger partial charge in [0.25, 0.3) is 0 Å². The average Bonchev–Trinajstić information content (AvgIpc) is 2.10. The van der Waals surface area contributed by atoms with Crippen LogP contribution in [0.2, 0.25) is 0 Å². The van der Waals surface area contributed by atoms with Crippen LogP contribution < -0.4 is 5.32 Å². The number of hydrogen-bond donors (Lipinski definition) is 1. The lowest BCUT2D eigenvalue weighted by Crippen LogP contribution is -2.17. The van der Waals surface area contributed by atoms with Gasteiger partial charge in [0.1, 0.15) is 12.4 Å². The molecule has 0 unspecified atom stereocenters. The summed E-state index contributed by atoms with van der Waals surface area (Å²) in [6.45, 7) is 1.71. The highest BCUT2D eigenvalue weighted by Gasteiger charge is 2.05. The molecule has 0 atom stereocenters. The van der Waals surface area contributed by atoms with E-state index >= 15 is 0 Å². The molecule has 1 rings (SSSR count). The Labute approximate surface area is 81.9 Å². The van der Waals surface area contributed by atoms with Crippen molar-refractivity contribution >= 4 is 11.6 Å². The molecular weight excluding hydrogens is 185 g/mol. The number of amides is 1. The van der Waals surface area contributed by atoms with Gasteiger partial charge in [-0.1, -0.05) is 6.07 Å². The highest BCUT2D eigenvalue weighted by atomic mass is 19.1. The predicted molar refractivity (Wildman–Crippen MR) is 51.6 cm³/mol. The largest absolute Gasteiger partial charge is 0.375 e. The summed E-state index contributed by atoms with van der Waals surface area (Å²) in [5.41, 5.74) is 0.991. The summed E-state index contributed by atoms with van der Waals surface area (Å²) in [7, 11) is 1.41. The number of benzene rings is 1. The topological polar surface area (TPSA) is 38.3 Å². The Hall–Kier alpha value is -1.42. The van der Waals surface area contributed by atoms with Crippen LogP contribution >= 0.6 is 0 Å². The number of carbonyl (C=O) groups excluding carboxylic acids is 1. The molecule has 4 heteroatoms. The lowest BCUT2D eigenvalue weighted by atomic mass is 10.2. The second-order valence-corrected chi connectivity index (χ2v) is 2.96. The summed E-state index contributed by atoms with van der Waals surface area (Å²) in [4.78, 5) is 11.0. The van der Waals surface area contributed by atoms with Gasteiger partial charge in [0, 0.05) is 7.11 Å². The minimum absolute atomic E-state index is 0.0761. The molecule has 1 aromatic rings. The third-order valence-electron chi connectivity index (χ3n) is 1.67. The predicted octanol–water partition coefficient (Wildman–Crippen LogP) is 1.72. The van der Waals surface area contributed by atoms with Crippen molar-refractivity contribution in [3.05, 3.63) is 29.6 Å². The number of nitrogens with one attached hydrogen (secondary N) is 1. The fourth-order valence-electron chi connectivity index (χ4n) is 1.04. The SMILES string of the molecule is COCC(=O)Nc1ccc(C)cc1F. The van der Waals surface area contributed by atoms with E-state index in [1.807, 2.05) is 0 Å². The zero-order valence-corrected chi connectivity index (χ0v) is 8.13. The molecule has 0 bridgehead atoms. The van der Waals surface area contributed by atoms with Gasteiger partial charge < -0.3 is 10.1 Å². The number of carbonyl (C=O) groups is 1. The zero-order valence-electron chi connectivity index (χ0n) is 8.13. The number of aryl methyl sites for hydroxylation is 1. The van der Waals surface area contributed by atoms with Crippen molar-refractivity contribution in [2.24, 2.45) is 0 Å². The molecule has 0 aromatic heterocycles. The van der Waals surface area contributed by atoms with Crippen LogP contribution in [0.25, 0.3) is 0 Å². The monoisotopic (exact) mass is 197 g/mol. The number of methoxy groups -OCH3 is 1. The third-order valence-corrected chi connectivity index (χ3v) is 1.67. The molecule has 14 heavy (non-hydrogen) atoms. The number of rotatable bonds is 3. The van der Waals surface area contributed by atoms with Crippen LogP contribution in [0.3, 0.4) is 0 Å². The Bertz CT molecular complexity index is 339. The molecular formula is C10H12FNO2. The Balaban J connectivity index is 2.72. The minimum atomic E-state index is -0.436. The average molecular weight is 197 g/mol. The lowest BCUT2D eigenvalue weighted by Gasteiger charge is -2.05. The number of anilines is 1. The lowest BCUT2D eigenvalue weighted by molar-refractivity contribution is -0.119. The number of halogens is 1. The standard InChI is InChI=1S/C10H12FNO2/c1-7-3-4-9(8(11)5-7)12-10(13)6-14-2/h3-5H,6H2,1-2H3,(H,12,13). The maximum Gasteiger partial charge on any atom is 0.250 e. The van der Waals surface area contributed by atoms with Crippen LogP contribution in [-0.2, 0) is 9.53 Å². The van der Waals surface area contributed by atoms with Crippen LogP contribution in [0.5, 0.6) is 0 Å². The molecule has 0 saturated heterocycles. The van der Waals surface area contributed by atoms with Crippen molar-refractivity contribution in [1.29, 1.82) is 0 Å². The molecule has 1 amide bonds. The molecule has 0 aliphatic carbocycles. The second-order valence-electron chi connectivity index (χ2n) is 2.96. The van der Waals surface area contributed by atoms with E-state index < -0.39 is 5.82 Å². The Morgan fingerprint density at radius 1 is 1.57 bits per heavy atom. The molecule has 0 aliphatic heterocycles. The van der Waals surface area contributed by atoms with Crippen molar-refractivity contribution in [2.75, 3.05) is 19.0 Å². The molecule has 76 valence electrons. The van der Waals surface area contributed by atoms with Gasteiger partial charge in [-0.2, -0.15) is 0 Å². The number of ether oxygens (including phenoxy) is 1. The summed E-state index contributed by atoms with van der Waals surface area (Å²) < 4.78 is 17.8. The first-order valence-corrected chi connectivity index (χ1v) is 4.18. The van der Waals surface area contributed by atoms with Crippen molar-refractivity contribution in [2.45, 2.75) is 6.92 Å². The van der Waals surface area contributed by atoms with Gasteiger partial charge in [-0.15, -0.1) is 0 Å². The molecule has 1 aromatic carbocycles. The Kier molecular flexibility index (Phi) is 3.59. The molecule has 0 fully saturated rings. The fraction of sp³-hybridized carbons (Fsp3) is 0.300. The molecule has 0 radical (unpaired) electrons. The summed E-state index contributed by atoms with van der Waals surface area (Å²) >= 11 is 0. The molecule has 0 aliphatic rings. The molecule has 0 saturated carbocycles. The summed E-state index contributed by atoms with van der Waals surface area (Å²) in [6, 6.07) is 4.62. The van der Waals surface area contributed by atoms with Gasteiger partial charge in [0.05, 0.1) is 5.69 Å². The summed E-state index contributed by atoms with van der Waals surface area (Å²) in [5, 5.41) is 2.40. The third kappa shape index (κ3) is 2.81. The van der Waals surface area contributed by atoms with Crippen LogP contribution in [-0.4, -0.2) is 19.6 Å². The van der Waals surface area contributed by atoms with Crippen LogP contribution in [0.15, 0.2) is 18.2 Å². The van der Waals surface area contributed by atoms with Crippen LogP contribution in [0, 0.1) is 12.7 Å². The highest BCUT2D eigenvalue weighted by Crippen LogP contribution is 2.14. The first-order chi connectivity index (χ1) is 6.63.